The standard InChI is InChI=1S/C17H24N2O2/c1-3-4-7-10-19(11-12-20)17(21)16-13-14-8-5-6-9-15(14)18(16)2/h5-6,8-9,13,20H,3-4,7,10-12H2,1-2H3. The highest BCUT2D eigenvalue weighted by Crippen LogP contribution is 2.19. The molecule has 4 nitrogen and oxygen atoms in total. The number of hydrogen-bond acceptors (Lipinski definition) is 2. The minimum absolute atomic E-state index is 0.00106. The first-order valence-corrected chi connectivity index (χ1v) is 7.63. The molecule has 2 aromatic rings. The molecule has 1 aromatic carbocycles. The number of amides is 1. The van der Waals surface area contributed by atoms with Crippen molar-refractivity contribution in [1.82, 2.24) is 9.47 Å². The fourth-order valence-corrected chi connectivity index (χ4v) is 2.64. The fraction of sp³-hybridized carbons (Fsp3) is 0.471. The predicted molar refractivity (Wildman–Crippen MR) is 85.4 cm³/mol. The number of rotatable bonds is 7. The third-order valence-corrected chi connectivity index (χ3v) is 3.86. The van der Waals surface area contributed by atoms with Gasteiger partial charge in [0.1, 0.15) is 5.69 Å². The Balaban J connectivity index is 2.23. The number of carbonyl (C=O) groups is 1. The van der Waals surface area contributed by atoms with Crippen molar-refractivity contribution in [3.05, 3.63) is 36.0 Å². The van der Waals surface area contributed by atoms with Crippen LogP contribution in [-0.2, 0) is 7.05 Å². The van der Waals surface area contributed by atoms with Gasteiger partial charge < -0.3 is 14.6 Å². The van der Waals surface area contributed by atoms with Crippen LogP contribution in [0, 0.1) is 0 Å². The van der Waals surface area contributed by atoms with Crippen LogP contribution in [0.3, 0.4) is 0 Å². The SMILES string of the molecule is CCCCCN(CCO)C(=O)c1cc2ccccc2n1C. The van der Waals surface area contributed by atoms with E-state index in [1.165, 1.54) is 0 Å². The van der Waals surface area contributed by atoms with E-state index in [1.54, 1.807) is 4.90 Å². The molecule has 0 aliphatic heterocycles. The molecule has 2 rings (SSSR count). The van der Waals surface area contributed by atoms with E-state index in [4.69, 9.17) is 0 Å². The lowest BCUT2D eigenvalue weighted by Gasteiger charge is -2.22. The quantitative estimate of drug-likeness (QED) is 0.796. The van der Waals surface area contributed by atoms with Crippen LogP contribution in [0.25, 0.3) is 10.9 Å². The van der Waals surface area contributed by atoms with Crippen LogP contribution >= 0.6 is 0 Å². The molecule has 0 saturated carbocycles. The Bertz CT molecular complexity index is 604. The molecule has 1 aromatic heterocycles. The number of aryl methyl sites for hydroxylation is 1. The number of nitrogens with zero attached hydrogens (tertiary/aromatic N) is 2. The molecule has 0 unspecified atom stereocenters. The van der Waals surface area contributed by atoms with Crippen molar-refractivity contribution in [3.63, 3.8) is 0 Å². The zero-order valence-electron chi connectivity index (χ0n) is 12.9. The van der Waals surface area contributed by atoms with Gasteiger partial charge in [0, 0.05) is 31.0 Å². The number of hydrogen-bond donors (Lipinski definition) is 1. The van der Waals surface area contributed by atoms with Gasteiger partial charge in [-0.25, -0.2) is 0 Å². The third-order valence-electron chi connectivity index (χ3n) is 3.86. The molecule has 0 fully saturated rings. The summed E-state index contributed by atoms with van der Waals surface area (Å²) < 4.78 is 1.93. The Morgan fingerprint density at radius 3 is 2.67 bits per heavy atom. The summed E-state index contributed by atoms with van der Waals surface area (Å²) >= 11 is 0. The average molecular weight is 288 g/mol. The van der Waals surface area contributed by atoms with Gasteiger partial charge in [0.2, 0.25) is 0 Å². The molecule has 0 aliphatic rings. The smallest absolute Gasteiger partial charge is 0.270 e. The molecule has 0 radical (unpaired) electrons. The van der Waals surface area contributed by atoms with Crippen molar-refractivity contribution in [3.8, 4) is 0 Å². The highest BCUT2D eigenvalue weighted by molar-refractivity contribution is 5.98. The maximum absolute atomic E-state index is 12.7. The van der Waals surface area contributed by atoms with Crippen LogP contribution in [0.4, 0.5) is 0 Å². The summed E-state index contributed by atoms with van der Waals surface area (Å²) in [6.07, 6.45) is 3.20. The number of unbranched alkanes of at least 4 members (excludes halogenated alkanes) is 2. The number of aliphatic hydroxyl groups is 1. The monoisotopic (exact) mass is 288 g/mol. The normalized spacial score (nSPS) is 11.0. The van der Waals surface area contributed by atoms with Crippen molar-refractivity contribution in [1.29, 1.82) is 0 Å². The Morgan fingerprint density at radius 2 is 2.00 bits per heavy atom. The van der Waals surface area contributed by atoms with Crippen molar-refractivity contribution in [2.24, 2.45) is 7.05 Å². The summed E-state index contributed by atoms with van der Waals surface area (Å²) in [7, 11) is 1.92. The largest absolute Gasteiger partial charge is 0.395 e. The van der Waals surface area contributed by atoms with Crippen LogP contribution in [0.15, 0.2) is 30.3 Å². The molecule has 0 aliphatic carbocycles. The van der Waals surface area contributed by atoms with Gasteiger partial charge in [0.05, 0.1) is 6.61 Å². The second-order valence-corrected chi connectivity index (χ2v) is 5.37. The molecule has 4 heteroatoms. The Morgan fingerprint density at radius 1 is 1.24 bits per heavy atom. The number of para-hydroxylation sites is 1. The van der Waals surface area contributed by atoms with Crippen LogP contribution < -0.4 is 0 Å². The molecule has 1 amide bonds. The first kappa shape index (κ1) is 15.6. The summed E-state index contributed by atoms with van der Waals surface area (Å²) in [6, 6.07) is 9.91. The zero-order chi connectivity index (χ0) is 15.2. The molecule has 1 heterocycles. The van der Waals surface area contributed by atoms with E-state index in [1.807, 2.05) is 41.9 Å². The van der Waals surface area contributed by atoms with Gasteiger partial charge in [0.25, 0.3) is 5.91 Å². The van der Waals surface area contributed by atoms with E-state index in [0.717, 1.165) is 30.2 Å². The van der Waals surface area contributed by atoms with E-state index in [-0.39, 0.29) is 12.5 Å². The van der Waals surface area contributed by atoms with Gasteiger partial charge in [-0.15, -0.1) is 0 Å². The van der Waals surface area contributed by atoms with E-state index in [0.29, 0.717) is 18.8 Å². The Kier molecular flexibility index (Phi) is 5.39. The molecule has 0 atom stereocenters. The number of aliphatic hydroxyl groups excluding tert-OH is 1. The molecule has 1 N–H and O–H groups in total. The Labute approximate surface area is 126 Å². The summed E-state index contributed by atoms with van der Waals surface area (Å²) in [4.78, 5) is 14.5. The highest BCUT2D eigenvalue weighted by atomic mass is 16.3. The minimum atomic E-state index is -0.00106. The van der Waals surface area contributed by atoms with Gasteiger partial charge in [-0.3, -0.25) is 4.79 Å². The van der Waals surface area contributed by atoms with Gasteiger partial charge in [-0.1, -0.05) is 38.0 Å². The molecule has 0 bridgehead atoms. The maximum Gasteiger partial charge on any atom is 0.270 e. The predicted octanol–water partition coefficient (Wildman–Crippen LogP) is 2.80. The molecule has 114 valence electrons. The van der Waals surface area contributed by atoms with Crippen LogP contribution in [-0.4, -0.2) is 40.2 Å². The minimum Gasteiger partial charge on any atom is -0.395 e. The van der Waals surface area contributed by atoms with Gasteiger partial charge in [0.15, 0.2) is 0 Å². The van der Waals surface area contributed by atoms with Gasteiger partial charge in [-0.05, 0) is 18.6 Å². The topological polar surface area (TPSA) is 45.5 Å². The lowest BCUT2D eigenvalue weighted by molar-refractivity contribution is 0.0709. The van der Waals surface area contributed by atoms with Gasteiger partial charge >= 0.3 is 0 Å². The van der Waals surface area contributed by atoms with E-state index < -0.39 is 0 Å². The highest BCUT2D eigenvalue weighted by Gasteiger charge is 2.19. The molecule has 0 saturated heterocycles. The summed E-state index contributed by atoms with van der Waals surface area (Å²) in [5.41, 5.74) is 1.74. The van der Waals surface area contributed by atoms with Gasteiger partial charge in [-0.2, -0.15) is 0 Å². The molecule has 0 spiro atoms. The molecular weight excluding hydrogens is 264 g/mol. The van der Waals surface area contributed by atoms with Crippen molar-refractivity contribution >= 4 is 16.8 Å². The number of benzene rings is 1. The summed E-state index contributed by atoms with van der Waals surface area (Å²) in [5.74, 6) is -0.00106. The second-order valence-electron chi connectivity index (χ2n) is 5.37. The van der Waals surface area contributed by atoms with E-state index >= 15 is 0 Å². The van der Waals surface area contributed by atoms with E-state index in [9.17, 15) is 9.90 Å². The fourth-order valence-electron chi connectivity index (χ4n) is 2.64. The van der Waals surface area contributed by atoms with Crippen LogP contribution in [0.5, 0.6) is 0 Å². The van der Waals surface area contributed by atoms with Crippen LogP contribution in [0.1, 0.15) is 36.7 Å². The molecular formula is C17H24N2O2. The number of carbonyl (C=O) groups excluding carboxylic acids is 1. The van der Waals surface area contributed by atoms with Crippen molar-refractivity contribution < 1.29 is 9.90 Å². The second kappa shape index (κ2) is 7.27. The lowest BCUT2D eigenvalue weighted by Crippen LogP contribution is -2.35. The summed E-state index contributed by atoms with van der Waals surface area (Å²) in [6.45, 7) is 3.24. The average Bonchev–Trinajstić information content (AvgIpc) is 2.83. The first-order chi connectivity index (χ1) is 10.2. The molecule has 21 heavy (non-hydrogen) atoms. The summed E-state index contributed by atoms with van der Waals surface area (Å²) in [5, 5.41) is 10.3. The zero-order valence-corrected chi connectivity index (χ0v) is 12.9. The first-order valence-electron chi connectivity index (χ1n) is 7.63. The lowest BCUT2D eigenvalue weighted by atomic mass is 10.2. The number of fused-ring (bicyclic) bond motifs is 1. The van der Waals surface area contributed by atoms with E-state index in [2.05, 4.69) is 6.92 Å². The van der Waals surface area contributed by atoms with Crippen LogP contribution in [0.2, 0.25) is 0 Å². The van der Waals surface area contributed by atoms with Crippen molar-refractivity contribution in [2.75, 3.05) is 19.7 Å². The Hall–Kier alpha value is -1.81. The third kappa shape index (κ3) is 3.45. The van der Waals surface area contributed by atoms with Crippen molar-refractivity contribution in [2.45, 2.75) is 26.2 Å². The maximum atomic E-state index is 12.7. The number of aromatic nitrogens is 1.